The van der Waals surface area contributed by atoms with Gasteiger partial charge in [0.2, 0.25) is 5.91 Å². The minimum absolute atomic E-state index is 0.148. The van der Waals surface area contributed by atoms with Gasteiger partial charge in [-0.3, -0.25) is 9.10 Å². The summed E-state index contributed by atoms with van der Waals surface area (Å²) in [5, 5.41) is 0. The third kappa shape index (κ3) is 4.11. The molecule has 0 atom stereocenters. The van der Waals surface area contributed by atoms with E-state index in [1.54, 1.807) is 56.6 Å². The SMILES string of the molecule is CN(C)C(=O)CN(c1ccc(Br)cc1)S(=O)(=O)c1ccccc1. The minimum Gasteiger partial charge on any atom is -0.347 e. The molecule has 2 aromatic rings. The number of likely N-dealkylation sites (N-methyl/N-ethyl adjacent to an activating group) is 1. The summed E-state index contributed by atoms with van der Waals surface area (Å²) in [6.07, 6.45) is 0. The quantitative estimate of drug-likeness (QED) is 0.780. The molecule has 0 N–H and O–H groups in total. The highest BCUT2D eigenvalue weighted by Gasteiger charge is 2.27. The number of carbonyl (C=O) groups is 1. The molecule has 0 fully saturated rings. The van der Waals surface area contributed by atoms with Gasteiger partial charge in [0.15, 0.2) is 0 Å². The predicted octanol–water partition coefficient (Wildman–Crippen LogP) is 2.73. The van der Waals surface area contributed by atoms with E-state index in [0.717, 1.165) is 8.78 Å². The molecule has 23 heavy (non-hydrogen) atoms. The molecule has 1 amide bonds. The van der Waals surface area contributed by atoms with Crippen LogP contribution in [0.15, 0.2) is 64.0 Å². The normalized spacial score (nSPS) is 11.1. The van der Waals surface area contributed by atoms with Crippen LogP contribution in [0.5, 0.6) is 0 Å². The number of halogens is 1. The van der Waals surface area contributed by atoms with Crippen molar-refractivity contribution < 1.29 is 13.2 Å². The molecular formula is C16H17BrN2O3S. The van der Waals surface area contributed by atoms with E-state index in [1.165, 1.54) is 17.0 Å². The van der Waals surface area contributed by atoms with Crippen molar-refractivity contribution in [1.82, 2.24) is 4.90 Å². The second kappa shape index (κ2) is 7.14. The Balaban J connectivity index is 2.49. The summed E-state index contributed by atoms with van der Waals surface area (Å²) in [6.45, 7) is -0.258. The Morgan fingerprint density at radius 1 is 1.00 bits per heavy atom. The standard InChI is InChI=1S/C16H17BrN2O3S/c1-18(2)16(20)12-19(14-10-8-13(17)9-11-14)23(21,22)15-6-4-3-5-7-15/h3-11H,12H2,1-2H3. The molecule has 0 saturated heterocycles. The van der Waals surface area contributed by atoms with Crippen LogP contribution < -0.4 is 4.31 Å². The van der Waals surface area contributed by atoms with Gasteiger partial charge in [-0.1, -0.05) is 34.1 Å². The monoisotopic (exact) mass is 396 g/mol. The van der Waals surface area contributed by atoms with E-state index in [0.29, 0.717) is 5.69 Å². The number of amides is 1. The van der Waals surface area contributed by atoms with Crippen LogP contribution in [-0.4, -0.2) is 39.9 Å². The van der Waals surface area contributed by atoms with Gasteiger partial charge in [0.25, 0.3) is 10.0 Å². The van der Waals surface area contributed by atoms with E-state index in [-0.39, 0.29) is 17.3 Å². The molecule has 0 aliphatic heterocycles. The zero-order valence-electron chi connectivity index (χ0n) is 12.8. The third-order valence-corrected chi connectivity index (χ3v) is 5.54. The number of anilines is 1. The van der Waals surface area contributed by atoms with E-state index >= 15 is 0 Å². The molecule has 0 aliphatic rings. The van der Waals surface area contributed by atoms with Crippen molar-refractivity contribution in [1.29, 1.82) is 0 Å². The number of sulfonamides is 1. The molecule has 0 bridgehead atoms. The van der Waals surface area contributed by atoms with Gasteiger partial charge in [0.05, 0.1) is 10.6 Å². The summed E-state index contributed by atoms with van der Waals surface area (Å²) in [7, 11) is -0.636. The smallest absolute Gasteiger partial charge is 0.264 e. The maximum Gasteiger partial charge on any atom is 0.264 e. The highest BCUT2D eigenvalue weighted by molar-refractivity contribution is 9.10. The lowest BCUT2D eigenvalue weighted by Crippen LogP contribution is -2.40. The molecule has 0 radical (unpaired) electrons. The molecule has 2 aromatic carbocycles. The fourth-order valence-corrected chi connectivity index (χ4v) is 3.61. The van der Waals surface area contributed by atoms with Gasteiger partial charge in [-0.05, 0) is 36.4 Å². The van der Waals surface area contributed by atoms with Gasteiger partial charge in [-0.25, -0.2) is 8.42 Å². The molecule has 122 valence electrons. The van der Waals surface area contributed by atoms with Crippen LogP contribution in [0.2, 0.25) is 0 Å². The van der Waals surface area contributed by atoms with Gasteiger partial charge < -0.3 is 4.90 Å². The van der Waals surface area contributed by atoms with Crippen LogP contribution in [0.25, 0.3) is 0 Å². The van der Waals surface area contributed by atoms with Crippen molar-refractivity contribution in [2.24, 2.45) is 0 Å². The van der Waals surface area contributed by atoms with Gasteiger partial charge in [-0.15, -0.1) is 0 Å². The second-order valence-electron chi connectivity index (χ2n) is 5.09. The third-order valence-electron chi connectivity index (χ3n) is 3.22. The Hall–Kier alpha value is -1.86. The van der Waals surface area contributed by atoms with Crippen molar-refractivity contribution in [3.8, 4) is 0 Å². The fraction of sp³-hybridized carbons (Fsp3) is 0.188. The van der Waals surface area contributed by atoms with E-state index in [9.17, 15) is 13.2 Å². The Bertz CT molecular complexity index is 775. The summed E-state index contributed by atoms with van der Waals surface area (Å²) in [5.41, 5.74) is 0.437. The Morgan fingerprint density at radius 3 is 2.09 bits per heavy atom. The number of nitrogens with zero attached hydrogens (tertiary/aromatic N) is 2. The number of hydrogen-bond acceptors (Lipinski definition) is 3. The van der Waals surface area contributed by atoms with Crippen molar-refractivity contribution in [3.63, 3.8) is 0 Å². The summed E-state index contributed by atoms with van der Waals surface area (Å²) >= 11 is 3.32. The molecule has 0 aliphatic carbocycles. The minimum atomic E-state index is -3.83. The highest BCUT2D eigenvalue weighted by Crippen LogP contribution is 2.25. The van der Waals surface area contributed by atoms with Crippen molar-refractivity contribution in [3.05, 3.63) is 59.1 Å². The Morgan fingerprint density at radius 2 is 1.57 bits per heavy atom. The average Bonchev–Trinajstić information content (AvgIpc) is 2.54. The fourth-order valence-electron chi connectivity index (χ4n) is 1.91. The first kappa shape index (κ1) is 17.5. The molecule has 0 spiro atoms. The van der Waals surface area contributed by atoms with E-state index < -0.39 is 10.0 Å². The zero-order chi connectivity index (χ0) is 17.0. The lowest BCUT2D eigenvalue weighted by Gasteiger charge is -2.25. The van der Waals surface area contributed by atoms with E-state index in [1.807, 2.05) is 0 Å². The molecule has 0 heterocycles. The summed E-state index contributed by atoms with van der Waals surface area (Å²) in [4.78, 5) is 13.6. The topological polar surface area (TPSA) is 57.7 Å². The first-order chi connectivity index (χ1) is 10.8. The number of rotatable bonds is 5. The zero-order valence-corrected chi connectivity index (χ0v) is 15.2. The Kier molecular flexibility index (Phi) is 5.43. The largest absolute Gasteiger partial charge is 0.347 e. The number of hydrogen-bond donors (Lipinski definition) is 0. The Labute approximate surface area is 144 Å². The number of carbonyl (C=O) groups excluding carboxylic acids is 1. The predicted molar refractivity (Wildman–Crippen MR) is 93.8 cm³/mol. The molecular weight excluding hydrogens is 380 g/mol. The molecule has 0 aromatic heterocycles. The van der Waals surface area contributed by atoms with Gasteiger partial charge in [0.1, 0.15) is 6.54 Å². The van der Waals surface area contributed by atoms with Crippen LogP contribution >= 0.6 is 15.9 Å². The van der Waals surface area contributed by atoms with Crippen LogP contribution in [0.4, 0.5) is 5.69 Å². The molecule has 0 unspecified atom stereocenters. The molecule has 7 heteroatoms. The maximum atomic E-state index is 12.9. The molecule has 0 saturated carbocycles. The van der Waals surface area contributed by atoms with Crippen molar-refractivity contribution in [2.75, 3.05) is 24.9 Å². The summed E-state index contributed by atoms with van der Waals surface area (Å²) in [6, 6.07) is 14.9. The van der Waals surface area contributed by atoms with E-state index in [2.05, 4.69) is 15.9 Å². The van der Waals surface area contributed by atoms with Crippen molar-refractivity contribution in [2.45, 2.75) is 4.90 Å². The van der Waals surface area contributed by atoms with E-state index in [4.69, 9.17) is 0 Å². The maximum absolute atomic E-state index is 12.9. The first-order valence-corrected chi connectivity index (χ1v) is 9.09. The van der Waals surface area contributed by atoms with Crippen LogP contribution in [0.3, 0.4) is 0 Å². The summed E-state index contributed by atoms with van der Waals surface area (Å²) in [5.74, 6) is -0.299. The van der Waals surface area contributed by atoms with Crippen molar-refractivity contribution >= 4 is 37.5 Å². The lowest BCUT2D eigenvalue weighted by molar-refractivity contribution is -0.127. The number of benzene rings is 2. The molecule has 5 nitrogen and oxygen atoms in total. The highest BCUT2D eigenvalue weighted by atomic mass is 79.9. The lowest BCUT2D eigenvalue weighted by atomic mass is 10.3. The first-order valence-electron chi connectivity index (χ1n) is 6.86. The average molecular weight is 397 g/mol. The van der Waals surface area contributed by atoms with Gasteiger partial charge in [0, 0.05) is 18.6 Å². The van der Waals surface area contributed by atoms with Gasteiger partial charge >= 0.3 is 0 Å². The van der Waals surface area contributed by atoms with Crippen LogP contribution in [-0.2, 0) is 14.8 Å². The second-order valence-corrected chi connectivity index (χ2v) is 7.87. The summed E-state index contributed by atoms with van der Waals surface area (Å²) < 4.78 is 27.8. The molecule has 2 rings (SSSR count). The van der Waals surface area contributed by atoms with Crippen LogP contribution in [0, 0.1) is 0 Å². The van der Waals surface area contributed by atoms with Crippen LogP contribution in [0.1, 0.15) is 0 Å². The van der Waals surface area contributed by atoms with Gasteiger partial charge in [-0.2, -0.15) is 0 Å².